The molecule has 0 saturated heterocycles. The third-order valence-corrected chi connectivity index (χ3v) is 3.98. The van der Waals surface area contributed by atoms with Crippen molar-refractivity contribution in [3.05, 3.63) is 60.2 Å². The van der Waals surface area contributed by atoms with Crippen LogP contribution in [0.5, 0.6) is 0 Å². The first kappa shape index (κ1) is 13.1. The van der Waals surface area contributed by atoms with E-state index in [0.29, 0.717) is 6.61 Å². The fraction of sp³-hybridized carbons (Fsp3) is 0.263. The standard InChI is InChI=1S/C19H20O/c20-14-5-1-2-7-15-9-6-11-19-17-10-4-3-8-16(17)12-13-18(15)19/h3-4,6,8-13,20H,1-2,5,7,14H2. The van der Waals surface area contributed by atoms with Crippen LogP contribution in [0, 0.1) is 0 Å². The van der Waals surface area contributed by atoms with Gasteiger partial charge in [0.1, 0.15) is 0 Å². The summed E-state index contributed by atoms with van der Waals surface area (Å²) in [5, 5.41) is 14.2. The van der Waals surface area contributed by atoms with E-state index in [0.717, 1.165) is 25.7 Å². The van der Waals surface area contributed by atoms with Crippen LogP contribution in [-0.4, -0.2) is 11.7 Å². The summed E-state index contributed by atoms with van der Waals surface area (Å²) in [5.74, 6) is 0. The Labute approximate surface area is 119 Å². The van der Waals surface area contributed by atoms with Crippen molar-refractivity contribution in [2.24, 2.45) is 0 Å². The molecule has 0 spiro atoms. The Balaban J connectivity index is 1.99. The highest BCUT2D eigenvalue weighted by molar-refractivity contribution is 6.08. The molecular formula is C19H20O. The lowest BCUT2D eigenvalue weighted by molar-refractivity contribution is 0.283. The minimum atomic E-state index is 0.306. The molecule has 3 aromatic rings. The quantitative estimate of drug-likeness (QED) is 0.523. The number of fused-ring (bicyclic) bond motifs is 3. The predicted octanol–water partition coefficient (Wildman–Crippen LogP) is 4.70. The molecule has 102 valence electrons. The Morgan fingerprint density at radius 3 is 2.40 bits per heavy atom. The van der Waals surface area contributed by atoms with E-state index >= 15 is 0 Å². The van der Waals surface area contributed by atoms with Gasteiger partial charge in [0.2, 0.25) is 0 Å². The van der Waals surface area contributed by atoms with E-state index in [9.17, 15) is 0 Å². The first-order valence-corrected chi connectivity index (χ1v) is 7.40. The zero-order valence-corrected chi connectivity index (χ0v) is 11.7. The predicted molar refractivity (Wildman–Crippen MR) is 86.1 cm³/mol. The van der Waals surface area contributed by atoms with Crippen molar-refractivity contribution in [2.75, 3.05) is 6.61 Å². The van der Waals surface area contributed by atoms with E-state index in [1.807, 2.05) is 0 Å². The molecule has 3 aromatic carbocycles. The van der Waals surface area contributed by atoms with Crippen LogP contribution in [0.2, 0.25) is 0 Å². The zero-order chi connectivity index (χ0) is 13.8. The molecule has 0 saturated carbocycles. The van der Waals surface area contributed by atoms with E-state index in [2.05, 4.69) is 54.6 Å². The van der Waals surface area contributed by atoms with Crippen LogP contribution >= 0.6 is 0 Å². The van der Waals surface area contributed by atoms with Crippen molar-refractivity contribution in [3.63, 3.8) is 0 Å². The van der Waals surface area contributed by atoms with Gasteiger partial charge in [-0.05, 0) is 46.4 Å². The van der Waals surface area contributed by atoms with Gasteiger partial charge in [0, 0.05) is 6.61 Å². The van der Waals surface area contributed by atoms with E-state index in [-0.39, 0.29) is 0 Å². The number of aliphatic hydroxyl groups excluding tert-OH is 1. The van der Waals surface area contributed by atoms with Gasteiger partial charge >= 0.3 is 0 Å². The SMILES string of the molecule is OCCCCCc1cccc2c1ccc1ccccc12. The molecule has 0 radical (unpaired) electrons. The van der Waals surface area contributed by atoms with Crippen LogP contribution in [0.15, 0.2) is 54.6 Å². The minimum absolute atomic E-state index is 0.306. The average Bonchev–Trinajstić information content (AvgIpc) is 2.51. The van der Waals surface area contributed by atoms with E-state index < -0.39 is 0 Å². The molecule has 0 atom stereocenters. The highest BCUT2D eigenvalue weighted by Gasteiger charge is 2.04. The average molecular weight is 264 g/mol. The maximum atomic E-state index is 8.85. The third-order valence-electron chi connectivity index (χ3n) is 3.98. The Morgan fingerprint density at radius 1 is 0.650 bits per heavy atom. The molecule has 0 unspecified atom stereocenters. The molecule has 1 nitrogen and oxygen atoms in total. The molecule has 0 amide bonds. The Hall–Kier alpha value is -1.86. The van der Waals surface area contributed by atoms with Crippen molar-refractivity contribution >= 4 is 21.5 Å². The molecule has 0 bridgehead atoms. The first-order chi connectivity index (χ1) is 9.90. The Morgan fingerprint density at radius 2 is 1.50 bits per heavy atom. The van der Waals surface area contributed by atoms with Crippen LogP contribution in [0.1, 0.15) is 24.8 Å². The molecule has 0 aliphatic carbocycles. The summed E-state index contributed by atoms with van der Waals surface area (Å²) < 4.78 is 0. The molecule has 20 heavy (non-hydrogen) atoms. The van der Waals surface area contributed by atoms with Gasteiger partial charge in [-0.15, -0.1) is 0 Å². The van der Waals surface area contributed by atoms with Gasteiger partial charge in [-0.1, -0.05) is 61.0 Å². The molecule has 0 aliphatic rings. The summed E-state index contributed by atoms with van der Waals surface area (Å²) in [4.78, 5) is 0. The normalized spacial score (nSPS) is 11.2. The van der Waals surface area contributed by atoms with Crippen molar-refractivity contribution in [1.82, 2.24) is 0 Å². The van der Waals surface area contributed by atoms with Gasteiger partial charge in [-0.3, -0.25) is 0 Å². The van der Waals surface area contributed by atoms with Crippen molar-refractivity contribution in [2.45, 2.75) is 25.7 Å². The molecule has 3 rings (SSSR count). The molecule has 0 aromatic heterocycles. The topological polar surface area (TPSA) is 20.2 Å². The van der Waals surface area contributed by atoms with Crippen LogP contribution in [0.4, 0.5) is 0 Å². The fourth-order valence-electron chi connectivity index (χ4n) is 2.93. The number of rotatable bonds is 5. The van der Waals surface area contributed by atoms with Gasteiger partial charge in [0.05, 0.1) is 0 Å². The molecular weight excluding hydrogens is 244 g/mol. The smallest absolute Gasteiger partial charge is 0.0431 e. The number of hydrogen-bond donors (Lipinski definition) is 1. The minimum Gasteiger partial charge on any atom is -0.396 e. The maximum absolute atomic E-state index is 8.85. The summed E-state index contributed by atoms with van der Waals surface area (Å²) in [5.41, 5.74) is 1.42. The molecule has 1 N–H and O–H groups in total. The lowest BCUT2D eigenvalue weighted by atomic mass is 9.96. The largest absolute Gasteiger partial charge is 0.396 e. The maximum Gasteiger partial charge on any atom is 0.0431 e. The van der Waals surface area contributed by atoms with Gasteiger partial charge in [0.15, 0.2) is 0 Å². The highest BCUT2D eigenvalue weighted by atomic mass is 16.2. The van der Waals surface area contributed by atoms with Gasteiger partial charge in [-0.2, -0.15) is 0 Å². The summed E-state index contributed by atoms with van der Waals surface area (Å²) in [6.07, 6.45) is 4.25. The molecule has 0 heterocycles. The number of aryl methyl sites for hydroxylation is 1. The van der Waals surface area contributed by atoms with Crippen LogP contribution in [-0.2, 0) is 6.42 Å². The second-order valence-corrected chi connectivity index (χ2v) is 5.33. The Bertz CT molecular complexity index is 715. The number of benzene rings is 3. The van der Waals surface area contributed by atoms with Gasteiger partial charge in [0.25, 0.3) is 0 Å². The highest BCUT2D eigenvalue weighted by Crippen LogP contribution is 2.28. The summed E-state index contributed by atoms with van der Waals surface area (Å²) in [6.45, 7) is 0.306. The number of aliphatic hydroxyl groups is 1. The van der Waals surface area contributed by atoms with E-state index in [1.54, 1.807) is 0 Å². The third kappa shape index (κ3) is 2.54. The number of unbranched alkanes of at least 4 members (excludes halogenated alkanes) is 2. The summed E-state index contributed by atoms with van der Waals surface area (Å²) >= 11 is 0. The second kappa shape index (κ2) is 6.06. The molecule has 0 fully saturated rings. The monoisotopic (exact) mass is 264 g/mol. The van der Waals surface area contributed by atoms with Crippen LogP contribution in [0.25, 0.3) is 21.5 Å². The lowest BCUT2D eigenvalue weighted by Gasteiger charge is -2.09. The van der Waals surface area contributed by atoms with E-state index in [1.165, 1.54) is 27.1 Å². The first-order valence-electron chi connectivity index (χ1n) is 7.40. The zero-order valence-electron chi connectivity index (χ0n) is 11.7. The van der Waals surface area contributed by atoms with Crippen molar-refractivity contribution in [1.29, 1.82) is 0 Å². The summed E-state index contributed by atoms with van der Waals surface area (Å²) in [6, 6.07) is 19.6. The number of hydrogen-bond acceptors (Lipinski definition) is 1. The van der Waals surface area contributed by atoms with E-state index in [4.69, 9.17) is 5.11 Å². The van der Waals surface area contributed by atoms with Gasteiger partial charge in [-0.25, -0.2) is 0 Å². The van der Waals surface area contributed by atoms with Crippen LogP contribution in [0.3, 0.4) is 0 Å². The van der Waals surface area contributed by atoms with Crippen molar-refractivity contribution < 1.29 is 5.11 Å². The molecule has 0 aliphatic heterocycles. The van der Waals surface area contributed by atoms with Crippen molar-refractivity contribution in [3.8, 4) is 0 Å². The van der Waals surface area contributed by atoms with Crippen LogP contribution < -0.4 is 0 Å². The molecule has 1 heteroatoms. The Kier molecular flexibility index (Phi) is 3.98. The van der Waals surface area contributed by atoms with Gasteiger partial charge < -0.3 is 5.11 Å². The lowest BCUT2D eigenvalue weighted by Crippen LogP contribution is -1.90. The second-order valence-electron chi connectivity index (χ2n) is 5.33. The summed E-state index contributed by atoms with van der Waals surface area (Å²) in [7, 11) is 0. The fourth-order valence-corrected chi connectivity index (χ4v) is 2.93.